The molecule has 0 spiro atoms. The number of aromatic hydroxyl groups is 1. The summed E-state index contributed by atoms with van der Waals surface area (Å²) >= 11 is -0.322. The monoisotopic (exact) mass is 942 g/mol. The third-order valence-electron chi connectivity index (χ3n) is 13.3. The molecule has 4 nitrogen and oxygen atoms in total. The first kappa shape index (κ1) is 44.3. The Labute approximate surface area is 401 Å². The van der Waals surface area contributed by atoms with E-state index in [4.69, 9.17) is 14.4 Å². The van der Waals surface area contributed by atoms with Crippen molar-refractivity contribution in [3.63, 3.8) is 0 Å². The Bertz CT molecular complexity index is 3460. The normalized spacial score (nSPS) is 12.4. The molecular weight excluding hydrogens is 884 g/mol. The van der Waals surface area contributed by atoms with Crippen LogP contribution in [0.1, 0.15) is 103 Å². The summed E-state index contributed by atoms with van der Waals surface area (Å²) in [6.45, 7) is 22.6. The fraction of sp³-hybridized carbons (Fsp3) is 0.226. The summed E-state index contributed by atoms with van der Waals surface area (Å²) in [6.07, 6.45) is 1.92. The molecule has 0 atom stereocenters. The van der Waals surface area contributed by atoms with Gasteiger partial charge >= 0.3 is 397 Å². The topological polar surface area (TPSA) is 59.2 Å². The number of aromatic nitrogens is 2. The summed E-state index contributed by atoms with van der Waals surface area (Å²) in [7, 11) is 0. The number of phenols is 1. The Hall–Kier alpha value is -6.52. The van der Waals surface area contributed by atoms with E-state index in [0.717, 1.165) is 65.5 Å². The van der Waals surface area contributed by atoms with Crippen molar-refractivity contribution in [2.75, 3.05) is 0 Å². The van der Waals surface area contributed by atoms with Crippen molar-refractivity contribution in [3.05, 3.63) is 174 Å². The molecular formula is C62H58N2O2Se. The maximum atomic E-state index is 12.6. The molecule has 3 heterocycles. The van der Waals surface area contributed by atoms with Crippen LogP contribution >= 0.6 is 0 Å². The fourth-order valence-electron chi connectivity index (χ4n) is 9.63. The maximum absolute atomic E-state index is 12.6. The van der Waals surface area contributed by atoms with Crippen LogP contribution in [0.5, 0.6) is 5.75 Å². The molecule has 10 rings (SSSR count). The Kier molecular flexibility index (Phi) is 11.2. The first-order valence-electron chi connectivity index (χ1n) is 23.6. The number of hydrogen-bond donors (Lipinski definition) is 1. The van der Waals surface area contributed by atoms with Crippen molar-refractivity contribution in [1.29, 1.82) is 0 Å². The molecule has 0 aliphatic rings. The number of fused-ring (bicyclic) bond motifs is 4. The molecule has 0 bridgehead atoms. The molecule has 0 aliphatic carbocycles. The Morgan fingerprint density at radius 2 is 1.15 bits per heavy atom. The molecule has 0 radical (unpaired) electrons. The second kappa shape index (κ2) is 17.0. The summed E-state index contributed by atoms with van der Waals surface area (Å²) < 4.78 is 8.83. The van der Waals surface area contributed by atoms with Gasteiger partial charge in [0, 0.05) is 0 Å². The molecule has 5 heteroatoms. The van der Waals surface area contributed by atoms with Crippen LogP contribution in [0.15, 0.2) is 156 Å². The number of furan rings is 1. The number of rotatable bonds is 8. The molecule has 334 valence electrons. The van der Waals surface area contributed by atoms with E-state index in [9.17, 15) is 5.11 Å². The summed E-state index contributed by atoms with van der Waals surface area (Å²) in [5.74, 6) is 0.761. The van der Waals surface area contributed by atoms with Gasteiger partial charge in [0.25, 0.3) is 0 Å². The predicted octanol–water partition coefficient (Wildman–Crippen LogP) is 17.1. The summed E-state index contributed by atoms with van der Waals surface area (Å²) in [5.41, 5.74) is 18.8. The SMILES string of the molecule is CC(C)c1cc(-c2ccccc2)cc(C(C)C)c1-c1ccc(-c2cc(-c3cc(-c4ccccc4)ccn3)cc(C(C)(C)C)c2)c2nc(-c3c(O)c(C(C)(C)C)cc4c3oc3ccccc34)[se]c12. The van der Waals surface area contributed by atoms with Crippen LogP contribution < -0.4 is 0 Å². The van der Waals surface area contributed by atoms with Crippen LogP contribution in [-0.4, -0.2) is 29.6 Å². The zero-order valence-electron chi connectivity index (χ0n) is 40.2. The molecule has 0 fully saturated rings. The average molecular weight is 942 g/mol. The summed E-state index contributed by atoms with van der Waals surface area (Å²) in [5, 5.41) is 14.6. The predicted molar refractivity (Wildman–Crippen MR) is 284 cm³/mol. The zero-order chi connectivity index (χ0) is 46.9. The van der Waals surface area contributed by atoms with Gasteiger partial charge < -0.3 is 0 Å². The van der Waals surface area contributed by atoms with E-state index in [2.05, 4.69) is 203 Å². The molecule has 67 heavy (non-hydrogen) atoms. The van der Waals surface area contributed by atoms with Gasteiger partial charge in [-0.05, 0) is 0 Å². The van der Waals surface area contributed by atoms with E-state index < -0.39 is 0 Å². The molecule has 0 saturated carbocycles. The van der Waals surface area contributed by atoms with Gasteiger partial charge in [-0.2, -0.15) is 0 Å². The molecule has 1 N–H and O–H groups in total. The van der Waals surface area contributed by atoms with Crippen molar-refractivity contribution in [1.82, 2.24) is 9.97 Å². The van der Waals surface area contributed by atoms with E-state index in [1.807, 2.05) is 18.3 Å². The van der Waals surface area contributed by atoms with E-state index in [1.54, 1.807) is 0 Å². The van der Waals surface area contributed by atoms with Crippen LogP contribution in [0.4, 0.5) is 0 Å². The van der Waals surface area contributed by atoms with Crippen LogP contribution in [0, 0.1) is 0 Å². The van der Waals surface area contributed by atoms with Gasteiger partial charge in [-0.25, -0.2) is 0 Å². The second-order valence-electron chi connectivity index (χ2n) is 20.8. The van der Waals surface area contributed by atoms with Crippen LogP contribution in [0.3, 0.4) is 0 Å². The quantitative estimate of drug-likeness (QED) is 0.154. The number of hydrogen-bond acceptors (Lipinski definition) is 4. The molecule has 0 aliphatic heterocycles. The summed E-state index contributed by atoms with van der Waals surface area (Å²) in [4.78, 5) is 10.7. The zero-order valence-corrected chi connectivity index (χ0v) is 42.0. The minimum absolute atomic E-state index is 0.145. The van der Waals surface area contributed by atoms with E-state index in [0.29, 0.717) is 11.1 Å². The number of phenolic OH excluding ortho intramolecular Hbond substituents is 1. The average Bonchev–Trinajstić information content (AvgIpc) is 3.92. The van der Waals surface area contributed by atoms with Gasteiger partial charge in [-0.1, -0.05) is 6.07 Å². The van der Waals surface area contributed by atoms with Gasteiger partial charge in [-0.3, -0.25) is 0 Å². The minimum atomic E-state index is -0.338. The standard InChI is InChI=1S/C62H58N2O2Se/c1-36(2)48-32-41(39-21-15-12-16-22-39)33-49(37(3)4)54(48)47-26-25-45(42-29-43(31-44(30-42)61(5,6)7)52-34-40(27-28-63-52)38-19-13-11-14-20-38)56-59(47)67-60(64-56)55-57(65)51(62(8,9)10)35-50-46-23-17-18-24-53(46)66-58(50)55/h11-37,65H,1-10H3. The molecule has 0 amide bonds. The van der Waals surface area contributed by atoms with Crippen LogP contribution in [0.2, 0.25) is 0 Å². The molecule has 7 aromatic carbocycles. The first-order chi connectivity index (χ1) is 32.0. The van der Waals surface area contributed by atoms with Crippen molar-refractivity contribution in [2.45, 2.75) is 91.9 Å². The van der Waals surface area contributed by atoms with Crippen molar-refractivity contribution < 1.29 is 9.52 Å². The fourth-order valence-corrected chi connectivity index (χ4v) is 12.1. The van der Waals surface area contributed by atoms with Gasteiger partial charge in [0.2, 0.25) is 0 Å². The van der Waals surface area contributed by atoms with E-state index in [1.165, 1.54) is 43.2 Å². The van der Waals surface area contributed by atoms with Gasteiger partial charge in [-0.15, -0.1) is 0 Å². The van der Waals surface area contributed by atoms with Crippen LogP contribution in [-0.2, 0) is 10.8 Å². The Balaban J connectivity index is 1.29. The van der Waals surface area contributed by atoms with E-state index >= 15 is 0 Å². The Morgan fingerprint density at radius 3 is 1.79 bits per heavy atom. The van der Waals surface area contributed by atoms with Gasteiger partial charge in [0.15, 0.2) is 0 Å². The molecule has 3 aromatic heterocycles. The third-order valence-corrected chi connectivity index (χ3v) is 15.6. The second-order valence-corrected chi connectivity index (χ2v) is 22.9. The number of pyridine rings is 1. The van der Waals surface area contributed by atoms with E-state index in [-0.39, 0.29) is 42.9 Å². The number of para-hydroxylation sites is 1. The van der Waals surface area contributed by atoms with Crippen molar-refractivity contribution >= 4 is 46.2 Å². The van der Waals surface area contributed by atoms with Crippen molar-refractivity contribution in [2.24, 2.45) is 0 Å². The van der Waals surface area contributed by atoms with Crippen molar-refractivity contribution in [3.8, 4) is 71.6 Å². The van der Waals surface area contributed by atoms with Gasteiger partial charge in [0.1, 0.15) is 0 Å². The first-order valence-corrected chi connectivity index (χ1v) is 25.3. The third kappa shape index (κ3) is 8.13. The molecule has 10 aromatic rings. The number of benzene rings is 7. The van der Waals surface area contributed by atoms with Gasteiger partial charge in [0.05, 0.1) is 0 Å². The Morgan fingerprint density at radius 1 is 0.537 bits per heavy atom. The van der Waals surface area contributed by atoms with Crippen LogP contribution in [0.25, 0.3) is 97.6 Å². The number of nitrogens with zero attached hydrogens (tertiary/aromatic N) is 2. The summed E-state index contributed by atoms with van der Waals surface area (Å²) in [6, 6.07) is 52.3. The molecule has 0 saturated heterocycles. The molecule has 0 unspecified atom stereocenters.